The van der Waals surface area contributed by atoms with Crippen LogP contribution in [0.5, 0.6) is 5.88 Å². The van der Waals surface area contributed by atoms with Crippen molar-refractivity contribution in [1.29, 1.82) is 0 Å². The molecule has 0 bridgehead atoms. The number of rotatable bonds is 7. The van der Waals surface area contributed by atoms with Crippen molar-refractivity contribution in [3.63, 3.8) is 0 Å². The lowest BCUT2D eigenvalue weighted by Crippen LogP contribution is -2.11. The van der Waals surface area contributed by atoms with Gasteiger partial charge in [-0.15, -0.1) is 0 Å². The van der Waals surface area contributed by atoms with Crippen LogP contribution in [0.15, 0.2) is 6.07 Å². The molecule has 0 aromatic carbocycles. The van der Waals surface area contributed by atoms with E-state index in [0.29, 0.717) is 30.8 Å². The lowest BCUT2D eigenvalue weighted by atomic mass is 10.2. The molecule has 0 atom stereocenters. The fourth-order valence-corrected chi connectivity index (χ4v) is 1.27. The highest BCUT2D eigenvalue weighted by Crippen LogP contribution is 2.12. The molecule has 1 heterocycles. The van der Waals surface area contributed by atoms with Crippen LogP contribution in [0.3, 0.4) is 0 Å². The molecule has 0 amide bonds. The molecule has 1 rings (SSSR count). The second-order valence-electron chi connectivity index (χ2n) is 4.21. The van der Waals surface area contributed by atoms with E-state index in [0.717, 1.165) is 12.4 Å². The van der Waals surface area contributed by atoms with Gasteiger partial charge in [-0.3, -0.25) is 0 Å². The first-order valence-corrected chi connectivity index (χ1v) is 5.85. The first kappa shape index (κ1) is 13.7. The van der Waals surface area contributed by atoms with Crippen LogP contribution >= 0.6 is 0 Å². The van der Waals surface area contributed by atoms with E-state index in [1.165, 1.54) is 0 Å². The molecule has 0 unspecified atom stereocenters. The zero-order valence-corrected chi connectivity index (χ0v) is 11.0. The highest BCUT2D eigenvalue weighted by molar-refractivity contribution is 5.37. The molecule has 0 aliphatic heterocycles. The van der Waals surface area contributed by atoms with E-state index < -0.39 is 0 Å². The third-order valence-corrected chi connectivity index (χ3v) is 2.00. The Morgan fingerprint density at radius 1 is 1.29 bits per heavy atom. The van der Waals surface area contributed by atoms with Crippen molar-refractivity contribution < 1.29 is 9.47 Å². The van der Waals surface area contributed by atoms with Gasteiger partial charge < -0.3 is 14.8 Å². The van der Waals surface area contributed by atoms with Crippen molar-refractivity contribution in [3.05, 3.63) is 11.9 Å². The number of ether oxygens (including phenoxy) is 2. The number of anilines is 1. The van der Waals surface area contributed by atoms with Crippen LogP contribution in [0.2, 0.25) is 0 Å². The SMILES string of the molecule is CNc1cc(OCCOCC(C)C)nc(C)n1. The second-order valence-corrected chi connectivity index (χ2v) is 4.21. The quantitative estimate of drug-likeness (QED) is 0.736. The lowest BCUT2D eigenvalue weighted by molar-refractivity contribution is 0.0805. The van der Waals surface area contributed by atoms with Crippen LogP contribution in [0.25, 0.3) is 0 Å². The van der Waals surface area contributed by atoms with Gasteiger partial charge in [-0.25, -0.2) is 4.98 Å². The van der Waals surface area contributed by atoms with Gasteiger partial charge in [0.15, 0.2) is 0 Å². The average molecular weight is 239 g/mol. The molecule has 0 radical (unpaired) electrons. The Balaban J connectivity index is 2.33. The molecule has 5 nitrogen and oxygen atoms in total. The van der Waals surface area contributed by atoms with Crippen LogP contribution in [-0.4, -0.2) is 36.8 Å². The van der Waals surface area contributed by atoms with Gasteiger partial charge in [-0.2, -0.15) is 4.98 Å². The van der Waals surface area contributed by atoms with Gasteiger partial charge in [0.25, 0.3) is 0 Å². The molecule has 0 aliphatic carbocycles. The van der Waals surface area contributed by atoms with Gasteiger partial charge in [0.1, 0.15) is 18.2 Å². The normalized spacial score (nSPS) is 10.6. The van der Waals surface area contributed by atoms with Gasteiger partial charge in [0.05, 0.1) is 6.61 Å². The van der Waals surface area contributed by atoms with Crippen molar-refractivity contribution in [2.24, 2.45) is 5.92 Å². The number of aromatic nitrogens is 2. The van der Waals surface area contributed by atoms with Crippen molar-refractivity contribution >= 4 is 5.82 Å². The summed E-state index contributed by atoms with van der Waals surface area (Å²) < 4.78 is 10.9. The molecule has 96 valence electrons. The topological polar surface area (TPSA) is 56.3 Å². The highest BCUT2D eigenvalue weighted by atomic mass is 16.5. The average Bonchev–Trinajstić information content (AvgIpc) is 2.27. The number of hydrogen-bond donors (Lipinski definition) is 1. The predicted octanol–water partition coefficient (Wildman–Crippen LogP) is 1.88. The van der Waals surface area contributed by atoms with Crippen LogP contribution in [0.4, 0.5) is 5.82 Å². The van der Waals surface area contributed by atoms with E-state index in [9.17, 15) is 0 Å². The molecular weight excluding hydrogens is 218 g/mol. The summed E-state index contributed by atoms with van der Waals surface area (Å²) in [4.78, 5) is 8.37. The summed E-state index contributed by atoms with van der Waals surface area (Å²) in [7, 11) is 1.82. The summed E-state index contributed by atoms with van der Waals surface area (Å²) in [5.41, 5.74) is 0. The predicted molar refractivity (Wildman–Crippen MR) is 67.5 cm³/mol. The maximum atomic E-state index is 5.50. The summed E-state index contributed by atoms with van der Waals surface area (Å²) in [6, 6.07) is 1.77. The Bertz CT molecular complexity index is 343. The van der Waals surface area contributed by atoms with Crippen LogP contribution < -0.4 is 10.1 Å². The minimum atomic E-state index is 0.506. The molecule has 0 fully saturated rings. The van der Waals surface area contributed by atoms with Gasteiger partial charge in [-0.1, -0.05) is 13.8 Å². The molecule has 0 spiro atoms. The van der Waals surface area contributed by atoms with Gasteiger partial charge >= 0.3 is 0 Å². The Morgan fingerprint density at radius 2 is 2.06 bits per heavy atom. The third kappa shape index (κ3) is 5.49. The maximum Gasteiger partial charge on any atom is 0.218 e. The van der Waals surface area contributed by atoms with E-state index in [4.69, 9.17) is 9.47 Å². The molecule has 17 heavy (non-hydrogen) atoms. The van der Waals surface area contributed by atoms with Gasteiger partial charge in [-0.05, 0) is 12.8 Å². The minimum Gasteiger partial charge on any atom is -0.475 e. The van der Waals surface area contributed by atoms with Crippen molar-refractivity contribution in [2.45, 2.75) is 20.8 Å². The van der Waals surface area contributed by atoms with E-state index in [-0.39, 0.29) is 0 Å². The number of nitrogens with one attached hydrogen (secondary N) is 1. The van der Waals surface area contributed by atoms with E-state index in [1.807, 2.05) is 14.0 Å². The molecule has 1 aromatic heterocycles. The Kier molecular flexibility index (Phi) is 5.69. The zero-order chi connectivity index (χ0) is 12.7. The first-order chi connectivity index (χ1) is 8.11. The fraction of sp³-hybridized carbons (Fsp3) is 0.667. The van der Waals surface area contributed by atoms with Crippen LogP contribution in [0, 0.1) is 12.8 Å². The van der Waals surface area contributed by atoms with E-state index >= 15 is 0 Å². The first-order valence-electron chi connectivity index (χ1n) is 5.85. The summed E-state index contributed by atoms with van der Waals surface area (Å²) in [5, 5.41) is 2.96. The Hall–Kier alpha value is -1.36. The van der Waals surface area contributed by atoms with Gasteiger partial charge in [0, 0.05) is 19.7 Å². The maximum absolute atomic E-state index is 5.50. The summed E-state index contributed by atoms with van der Waals surface area (Å²) in [6.07, 6.45) is 0. The standard InChI is InChI=1S/C12H21N3O2/c1-9(2)8-16-5-6-17-12-7-11(13-4)14-10(3)15-12/h7,9H,5-6,8H2,1-4H3,(H,13,14,15). The largest absolute Gasteiger partial charge is 0.475 e. The minimum absolute atomic E-state index is 0.506. The summed E-state index contributed by atoms with van der Waals surface area (Å²) in [6.45, 7) is 7.92. The van der Waals surface area contributed by atoms with Crippen molar-refractivity contribution in [2.75, 3.05) is 32.2 Å². The number of hydrogen-bond acceptors (Lipinski definition) is 5. The number of nitrogens with zero attached hydrogens (tertiary/aromatic N) is 2. The molecular formula is C12H21N3O2. The van der Waals surface area contributed by atoms with Crippen LogP contribution in [-0.2, 0) is 4.74 Å². The van der Waals surface area contributed by atoms with E-state index in [2.05, 4.69) is 29.1 Å². The van der Waals surface area contributed by atoms with E-state index in [1.54, 1.807) is 6.07 Å². The fourth-order valence-electron chi connectivity index (χ4n) is 1.27. The lowest BCUT2D eigenvalue weighted by Gasteiger charge is -2.09. The summed E-state index contributed by atoms with van der Waals surface area (Å²) >= 11 is 0. The molecule has 0 saturated heterocycles. The Labute approximate surface area is 103 Å². The molecule has 0 saturated carbocycles. The zero-order valence-electron chi connectivity index (χ0n) is 11.0. The summed E-state index contributed by atoms with van der Waals surface area (Å²) in [5.74, 6) is 2.58. The van der Waals surface area contributed by atoms with Gasteiger partial charge in [0.2, 0.25) is 5.88 Å². The number of aryl methyl sites for hydroxylation is 1. The molecule has 5 heteroatoms. The third-order valence-electron chi connectivity index (χ3n) is 2.00. The van der Waals surface area contributed by atoms with Crippen molar-refractivity contribution in [1.82, 2.24) is 9.97 Å². The molecule has 1 aromatic rings. The Morgan fingerprint density at radius 3 is 2.71 bits per heavy atom. The molecule has 0 aliphatic rings. The molecule has 1 N–H and O–H groups in total. The smallest absolute Gasteiger partial charge is 0.218 e. The van der Waals surface area contributed by atoms with Crippen LogP contribution in [0.1, 0.15) is 19.7 Å². The highest BCUT2D eigenvalue weighted by Gasteiger charge is 2.01. The second kappa shape index (κ2) is 7.06. The monoisotopic (exact) mass is 239 g/mol. The van der Waals surface area contributed by atoms with Crippen molar-refractivity contribution in [3.8, 4) is 5.88 Å².